The van der Waals surface area contributed by atoms with Crippen LogP contribution < -0.4 is 10.0 Å². The molecule has 0 aliphatic heterocycles. The van der Waals surface area contributed by atoms with Crippen molar-refractivity contribution in [2.45, 2.75) is 44.4 Å². The highest BCUT2D eigenvalue weighted by molar-refractivity contribution is 7.89. The van der Waals surface area contributed by atoms with Crippen molar-refractivity contribution >= 4 is 27.3 Å². The van der Waals surface area contributed by atoms with Crippen LogP contribution in [0.2, 0.25) is 0 Å². The number of nitrogens with one attached hydrogen (secondary N) is 2. The summed E-state index contributed by atoms with van der Waals surface area (Å²) in [4.78, 5) is 13.8. The molecule has 1 heterocycles. The molecule has 0 radical (unpaired) electrons. The number of carbonyl (C=O) groups is 1. The number of hydrogen-bond acceptors (Lipinski definition) is 4. The SMILES string of the molecule is CCNS(=O)(=O)CCNC(=O)C1(c2cccs2)CCCCC1. The number of amides is 1. The zero-order chi connectivity index (χ0) is 16.1. The summed E-state index contributed by atoms with van der Waals surface area (Å²) >= 11 is 1.61. The van der Waals surface area contributed by atoms with E-state index in [-0.39, 0.29) is 18.2 Å². The van der Waals surface area contributed by atoms with Gasteiger partial charge in [0.2, 0.25) is 15.9 Å². The molecule has 0 aromatic carbocycles. The lowest BCUT2D eigenvalue weighted by atomic mass is 9.72. The molecule has 1 amide bonds. The summed E-state index contributed by atoms with van der Waals surface area (Å²) in [6.45, 7) is 2.26. The Hall–Kier alpha value is -0.920. The van der Waals surface area contributed by atoms with E-state index < -0.39 is 15.4 Å². The van der Waals surface area contributed by atoms with E-state index in [1.165, 1.54) is 0 Å². The molecule has 0 unspecified atom stereocenters. The first kappa shape index (κ1) is 17.4. The van der Waals surface area contributed by atoms with Gasteiger partial charge in [-0.1, -0.05) is 32.3 Å². The summed E-state index contributed by atoms with van der Waals surface area (Å²) in [5, 5.41) is 4.84. The number of sulfonamides is 1. The second-order valence-corrected chi connectivity index (χ2v) is 8.57. The average Bonchev–Trinajstić information content (AvgIpc) is 3.02. The highest BCUT2D eigenvalue weighted by Gasteiger charge is 2.41. The Labute approximate surface area is 136 Å². The lowest BCUT2D eigenvalue weighted by molar-refractivity contribution is -0.127. The van der Waals surface area contributed by atoms with Gasteiger partial charge in [-0.15, -0.1) is 11.3 Å². The summed E-state index contributed by atoms with van der Waals surface area (Å²) in [6.07, 6.45) is 4.94. The van der Waals surface area contributed by atoms with Crippen molar-refractivity contribution < 1.29 is 13.2 Å². The highest BCUT2D eigenvalue weighted by atomic mass is 32.2. The van der Waals surface area contributed by atoms with Crippen molar-refractivity contribution in [3.8, 4) is 0 Å². The molecule has 1 aromatic heterocycles. The third kappa shape index (κ3) is 4.08. The van der Waals surface area contributed by atoms with E-state index in [4.69, 9.17) is 0 Å². The molecule has 1 aliphatic carbocycles. The second-order valence-electron chi connectivity index (χ2n) is 5.69. The van der Waals surface area contributed by atoms with Gasteiger partial charge in [0, 0.05) is 18.0 Å². The molecular formula is C15H24N2O3S2. The smallest absolute Gasteiger partial charge is 0.231 e. The van der Waals surface area contributed by atoms with Gasteiger partial charge in [0.05, 0.1) is 11.2 Å². The first-order valence-electron chi connectivity index (χ1n) is 7.80. The fraction of sp³-hybridized carbons (Fsp3) is 0.667. The highest BCUT2D eigenvalue weighted by Crippen LogP contribution is 2.41. The maximum Gasteiger partial charge on any atom is 0.231 e. The Kier molecular flexibility index (Phi) is 6.00. The largest absolute Gasteiger partial charge is 0.354 e. The van der Waals surface area contributed by atoms with Crippen molar-refractivity contribution in [2.24, 2.45) is 0 Å². The number of hydrogen-bond donors (Lipinski definition) is 2. The molecule has 2 N–H and O–H groups in total. The summed E-state index contributed by atoms with van der Waals surface area (Å²) in [6, 6.07) is 3.99. The molecule has 1 saturated carbocycles. The quantitative estimate of drug-likeness (QED) is 0.794. The van der Waals surface area contributed by atoms with Crippen molar-refractivity contribution in [3.63, 3.8) is 0 Å². The van der Waals surface area contributed by atoms with E-state index in [0.717, 1.165) is 37.0 Å². The molecule has 0 atom stereocenters. The topological polar surface area (TPSA) is 75.3 Å². The van der Waals surface area contributed by atoms with Gasteiger partial charge < -0.3 is 5.32 Å². The van der Waals surface area contributed by atoms with Gasteiger partial charge in [0.1, 0.15) is 0 Å². The number of carbonyl (C=O) groups excluding carboxylic acids is 1. The average molecular weight is 345 g/mol. The minimum absolute atomic E-state index is 0.0265. The van der Waals surface area contributed by atoms with Gasteiger partial charge in [-0.2, -0.15) is 0 Å². The summed E-state index contributed by atoms with van der Waals surface area (Å²) in [7, 11) is -3.29. The van der Waals surface area contributed by atoms with Gasteiger partial charge in [-0.25, -0.2) is 13.1 Å². The van der Waals surface area contributed by atoms with E-state index in [2.05, 4.69) is 10.0 Å². The molecular weight excluding hydrogens is 320 g/mol. The first-order chi connectivity index (χ1) is 10.5. The maximum atomic E-state index is 12.7. The zero-order valence-corrected chi connectivity index (χ0v) is 14.6. The lowest BCUT2D eigenvalue weighted by Crippen LogP contribution is -2.47. The van der Waals surface area contributed by atoms with E-state index in [0.29, 0.717) is 6.54 Å². The van der Waals surface area contributed by atoms with E-state index >= 15 is 0 Å². The minimum Gasteiger partial charge on any atom is -0.354 e. The monoisotopic (exact) mass is 344 g/mol. The van der Waals surface area contributed by atoms with E-state index in [1.54, 1.807) is 18.3 Å². The van der Waals surface area contributed by atoms with Gasteiger partial charge >= 0.3 is 0 Å². The van der Waals surface area contributed by atoms with Gasteiger partial charge in [0.25, 0.3) is 0 Å². The van der Waals surface area contributed by atoms with E-state index in [9.17, 15) is 13.2 Å². The predicted molar refractivity (Wildman–Crippen MR) is 89.6 cm³/mol. The van der Waals surface area contributed by atoms with Crippen LogP contribution >= 0.6 is 11.3 Å². The first-order valence-corrected chi connectivity index (χ1v) is 10.3. The number of rotatable bonds is 7. The van der Waals surface area contributed by atoms with Crippen LogP contribution in [0.1, 0.15) is 43.9 Å². The fourth-order valence-corrected chi connectivity index (χ4v) is 4.99. The van der Waals surface area contributed by atoms with Crippen molar-refractivity contribution in [1.29, 1.82) is 0 Å². The lowest BCUT2D eigenvalue weighted by Gasteiger charge is -2.35. The van der Waals surface area contributed by atoms with Crippen LogP contribution in [0.5, 0.6) is 0 Å². The van der Waals surface area contributed by atoms with Gasteiger partial charge in [-0.05, 0) is 24.3 Å². The molecule has 124 valence electrons. The Balaban J connectivity index is 2.02. The van der Waals surface area contributed by atoms with Gasteiger partial charge in [-0.3, -0.25) is 4.79 Å². The molecule has 22 heavy (non-hydrogen) atoms. The summed E-state index contributed by atoms with van der Waals surface area (Å²) < 4.78 is 25.7. The maximum absolute atomic E-state index is 12.7. The van der Waals surface area contributed by atoms with Crippen LogP contribution in [0.3, 0.4) is 0 Å². The minimum atomic E-state index is -3.29. The molecule has 5 nitrogen and oxygen atoms in total. The van der Waals surface area contributed by atoms with Gasteiger partial charge in [0.15, 0.2) is 0 Å². The molecule has 7 heteroatoms. The summed E-state index contributed by atoms with van der Waals surface area (Å²) in [5.41, 5.74) is -0.464. The molecule has 0 saturated heterocycles. The molecule has 1 fully saturated rings. The third-order valence-electron chi connectivity index (χ3n) is 4.16. The van der Waals surface area contributed by atoms with Crippen LogP contribution in [0.4, 0.5) is 0 Å². The standard InChI is InChI=1S/C15H24N2O3S2/c1-2-17-22(19,20)12-10-16-14(18)15(8-4-3-5-9-15)13-7-6-11-21-13/h6-7,11,17H,2-5,8-10,12H2,1H3,(H,16,18). The fourth-order valence-electron chi connectivity index (χ4n) is 3.05. The molecule has 0 spiro atoms. The Morgan fingerprint density at radius 3 is 2.64 bits per heavy atom. The van der Waals surface area contributed by atoms with Crippen molar-refractivity contribution in [3.05, 3.63) is 22.4 Å². The normalized spacial score (nSPS) is 18.0. The zero-order valence-electron chi connectivity index (χ0n) is 12.9. The van der Waals surface area contributed by atoms with Crippen LogP contribution in [0, 0.1) is 0 Å². The molecule has 0 bridgehead atoms. The van der Waals surface area contributed by atoms with Crippen molar-refractivity contribution in [2.75, 3.05) is 18.8 Å². The number of thiophene rings is 1. The molecule has 1 aliphatic rings. The Bertz CT molecular complexity index is 576. The van der Waals surface area contributed by atoms with E-state index in [1.807, 2.05) is 17.5 Å². The van der Waals surface area contributed by atoms with Crippen LogP contribution in [-0.4, -0.2) is 33.2 Å². The third-order valence-corrected chi connectivity index (χ3v) is 6.70. The van der Waals surface area contributed by atoms with Crippen LogP contribution in [-0.2, 0) is 20.2 Å². The Morgan fingerprint density at radius 1 is 1.32 bits per heavy atom. The van der Waals surface area contributed by atoms with Crippen LogP contribution in [0.15, 0.2) is 17.5 Å². The Morgan fingerprint density at radius 2 is 2.05 bits per heavy atom. The molecule has 1 aromatic rings. The van der Waals surface area contributed by atoms with Crippen LogP contribution in [0.25, 0.3) is 0 Å². The second kappa shape index (κ2) is 7.57. The summed E-state index contributed by atoms with van der Waals surface area (Å²) in [5.74, 6) is -0.103. The molecule has 2 rings (SSSR count). The predicted octanol–water partition coefficient (Wildman–Crippen LogP) is 2.01. The van der Waals surface area contributed by atoms with Crippen molar-refractivity contribution in [1.82, 2.24) is 10.0 Å².